The Labute approximate surface area is 208 Å². The van der Waals surface area contributed by atoms with E-state index in [2.05, 4.69) is 10.1 Å². The number of ether oxygens (including phenoxy) is 1. The first kappa shape index (κ1) is 26.9. The normalized spacial score (nSPS) is 19.0. The van der Waals surface area contributed by atoms with Gasteiger partial charge in [-0.3, -0.25) is 4.79 Å². The summed E-state index contributed by atoms with van der Waals surface area (Å²) in [4.78, 5) is 24.8. The van der Waals surface area contributed by atoms with E-state index in [0.717, 1.165) is 20.1 Å². The molecule has 1 unspecified atom stereocenters. The molecule has 1 saturated carbocycles. The zero-order valence-electron chi connectivity index (χ0n) is 18.4. The van der Waals surface area contributed by atoms with Crippen LogP contribution in [0.25, 0.3) is 5.57 Å². The topological polar surface area (TPSA) is 55.4 Å². The molecule has 2 aromatic rings. The molecule has 1 amide bonds. The second kappa shape index (κ2) is 10.1. The highest BCUT2D eigenvalue weighted by molar-refractivity contribution is 6.34. The lowest BCUT2D eigenvalue weighted by Gasteiger charge is -2.26. The molecule has 11 heteroatoms. The first-order valence-electron chi connectivity index (χ1n) is 10.3. The second-order valence-corrected chi connectivity index (χ2v) is 9.03. The molecule has 1 fully saturated rings. The number of hydrogen-bond donors (Lipinski definition) is 1. The Morgan fingerprint density at radius 3 is 2.26 bits per heavy atom. The lowest BCUT2D eigenvalue weighted by atomic mass is 9.85. The third-order valence-electron chi connectivity index (χ3n) is 5.76. The Morgan fingerprint density at radius 1 is 1.14 bits per heavy atom. The van der Waals surface area contributed by atoms with Crippen molar-refractivity contribution in [3.63, 3.8) is 0 Å². The van der Waals surface area contributed by atoms with E-state index < -0.39 is 48.1 Å². The quantitative estimate of drug-likeness (QED) is 0.233. The van der Waals surface area contributed by atoms with Crippen LogP contribution in [-0.2, 0) is 14.3 Å². The van der Waals surface area contributed by atoms with Crippen molar-refractivity contribution in [1.29, 1.82) is 0 Å². The molecule has 4 nitrogen and oxygen atoms in total. The molecule has 3 atom stereocenters. The molecule has 0 radical (unpaired) electrons. The highest BCUT2D eigenvalue weighted by Gasteiger charge is 2.58. The van der Waals surface area contributed by atoms with Gasteiger partial charge in [0.1, 0.15) is 0 Å². The molecule has 0 spiro atoms. The van der Waals surface area contributed by atoms with Gasteiger partial charge >= 0.3 is 12.1 Å². The van der Waals surface area contributed by atoms with E-state index in [-0.39, 0.29) is 32.4 Å². The predicted molar refractivity (Wildman–Crippen MR) is 123 cm³/mol. The maximum atomic E-state index is 13.8. The standard InChI is InChI=1S/C24H20Cl2F5NO3/c1-12(24(29,30)31)21(13-3-6-15(25)7-4-13)22(34)32-19-9-14(5-8-18(19)26)16(10-20(33)35-2)17-11-23(17,27)28/h3-10,12,17,21H,11H2,1-2H3,(H,32,34)/t12-,17?,21+/m1/s1. The Balaban J connectivity index is 1.98. The molecule has 1 N–H and O–H groups in total. The van der Waals surface area contributed by atoms with Crippen molar-refractivity contribution < 1.29 is 36.3 Å². The summed E-state index contributed by atoms with van der Waals surface area (Å²) < 4.78 is 72.9. The number of allylic oxidation sites excluding steroid dienone is 1. The molecule has 0 saturated heterocycles. The molecule has 35 heavy (non-hydrogen) atoms. The maximum absolute atomic E-state index is 13.8. The van der Waals surface area contributed by atoms with Gasteiger partial charge < -0.3 is 10.1 Å². The molecule has 1 aliphatic rings. The SMILES string of the molecule is COC(=O)C=C(c1ccc(Cl)c(NC(=O)[C@H](c2ccc(Cl)cc2)[C@@H](C)C(F)(F)F)c1)C1CC1(F)F. The number of benzene rings is 2. The largest absolute Gasteiger partial charge is 0.466 e. The second-order valence-electron chi connectivity index (χ2n) is 8.18. The van der Waals surface area contributed by atoms with Gasteiger partial charge in [-0.05, 0) is 41.0 Å². The number of nitrogens with one attached hydrogen (secondary N) is 1. The zero-order valence-corrected chi connectivity index (χ0v) is 19.9. The molecule has 3 rings (SSSR count). The molecule has 188 valence electrons. The van der Waals surface area contributed by atoms with Crippen molar-refractivity contribution in [2.24, 2.45) is 11.8 Å². The molecule has 0 bridgehead atoms. The monoisotopic (exact) mass is 535 g/mol. The van der Waals surface area contributed by atoms with Gasteiger partial charge in [-0.25, -0.2) is 13.6 Å². The van der Waals surface area contributed by atoms with E-state index in [1.54, 1.807) is 0 Å². The van der Waals surface area contributed by atoms with Gasteiger partial charge in [-0.15, -0.1) is 0 Å². The minimum absolute atomic E-state index is 0.0309. The van der Waals surface area contributed by atoms with Gasteiger partial charge in [0.25, 0.3) is 5.92 Å². The van der Waals surface area contributed by atoms with E-state index in [4.69, 9.17) is 23.2 Å². The molecule has 2 aromatic carbocycles. The van der Waals surface area contributed by atoms with Gasteiger partial charge in [0.15, 0.2) is 0 Å². The van der Waals surface area contributed by atoms with Crippen LogP contribution in [0.15, 0.2) is 48.5 Å². The maximum Gasteiger partial charge on any atom is 0.392 e. The van der Waals surface area contributed by atoms with E-state index in [0.29, 0.717) is 0 Å². The van der Waals surface area contributed by atoms with Crippen LogP contribution in [0.3, 0.4) is 0 Å². The number of carbonyl (C=O) groups is 2. The average Bonchev–Trinajstić information content (AvgIpc) is 3.41. The Morgan fingerprint density at radius 2 is 1.74 bits per heavy atom. The summed E-state index contributed by atoms with van der Waals surface area (Å²) in [5.74, 6) is -9.85. The highest BCUT2D eigenvalue weighted by Crippen LogP contribution is 2.56. The van der Waals surface area contributed by atoms with E-state index in [1.165, 1.54) is 42.5 Å². The summed E-state index contributed by atoms with van der Waals surface area (Å²) in [5.41, 5.74) is 0.0891. The summed E-state index contributed by atoms with van der Waals surface area (Å²) in [6, 6.07) is 9.28. The molecule has 0 aliphatic heterocycles. The van der Waals surface area contributed by atoms with Crippen LogP contribution >= 0.6 is 23.2 Å². The smallest absolute Gasteiger partial charge is 0.392 e. The molecular weight excluding hydrogens is 516 g/mol. The lowest BCUT2D eigenvalue weighted by molar-refractivity contribution is -0.178. The number of methoxy groups -OCH3 is 1. The minimum Gasteiger partial charge on any atom is -0.466 e. The number of halogens is 7. The average molecular weight is 536 g/mol. The molecular formula is C24H20Cl2F5NO3. The van der Waals surface area contributed by atoms with Gasteiger partial charge in [0, 0.05) is 17.5 Å². The molecule has 1 aliphatic carbocycles. The number of anilines is 1. The lowest BCUT2D eigenvalue weighted by Crippen LogP contribution is -2.34. The number of carbonyl (C=O) groups excluding carboxylic acids is 2. The number of rotatable bonds is 7. The fraction of sp³-hybridized carbons (Fsp3) is 0.333. The van der Waals surface area contributed by atoms with Gasteiger partial charge in [-0.2, -0.15) is 13.2 Å². The third kappa shape index (κ3) is 6.32. The van der Waals surface area contributed by atoms with Crippen molar-refractivity contribution in [3.8, 4) is 0 Å². The minimum atomic E-state index is -4.69. The van der Waals surface area contributed by atoms with Crippen LogP contribution in [0.4, 0.5) is 27.6 Å². The summed E-state index contributed by atoms with van der Waals surface area (Å²) in [5, 5.41) is 2.64. The summed E-state index contributed by atoms with van der Waals surface area (Å²) in [6.45, 7) is 0.878. The van der Waals surface area contributed by atoms with Gasteiger partial charge in [0.2, 0.25) is 5.91 Å². The van der Waals surface area contributed by atoms with E-state index in [9.17, 15) is 31.5 Å². The van der Waals surface area contributed by atoms with Gasteiger partial charge in [0.05, 0.1) is 35.6 Å². The first-order valence-corrected chi connectivity index (χ1v) is 11.1. The summed E-state index contributed by atoms with van der Waals surface area (Å²) in [7, 11) is 1.09. The van der Waals surface area contributed by atoms with Crippen molar-refractivity contribution in [1.82, 2.24) is 0 Å². The Kier molecular flexibility index (Phi) is 7.81. The Bertz CT molecular complexity index is 1150. The van der Waals surface area contributed by atoms with Crippen molar-refractivity contribution in [2.75, 3.05) is 12.4 Å². The summed E-state index contributed by atoms with van der Waals surface area (Å²) in [6.07, 6.45) is -4.26. The van der Waals surface area contributed by atoms with Crippen LogP contribution < -0.4 is 5.32 Å². The fourth-order valence-corrected chi connectivity index (χ4v) is 3.95. The van der Waals surface area contributed by atoms with Crippen molar-refractivity contribution in [3.05, 3.63) is 69.7 Å². The Hall–Kier alpha value is -2.65. The van der Waals surface area contributed by atoms with E-state index in [1.807, 2.05) is 0 Å². The number of alkyl halides is 5. The summed E-state index contributed by atoms with van der Waals surface area (Å²) >= 11 is 12.0. The molecule has 0 aromatic heterocycles. The van der Waals surface area contributed by atoms with Crippen LogP contribution in [0.1, 0.15) is 30.4 Å². The number of hydrogen-bond acceptors (Lipinski definition) is 3. The predicted octanol–water partition coefficient (Wildman–Crippen LogP) is 7.13. The van der Waals surface area contributed by atoms with Crippen molar-refractivity contribution in [2.45, 2.75) is 31.4 Å². The number of amides is 1. The zero-order chi connectivity index (χ0) is 26.1. The first-order chi connectivity index (χ1) is 16.2. The fourth-order valence-electron chi connectivity index (χ4n) is 3.66. The van der Waals surface area contributed by atoms with Crippen molar-refractivity contribution >= 4 is 46.3 Å². The highest BCUT2D eigenvalue weighted by atomic mass is 35.5. The number of esters is 1. The van der Waals surface area contributed by atoms with Gasteiger partial charge in [-0.1, -0.05) is 48.3 Å². The molecule has 0 heterocycles. The van der Waals surface area contributed by atoms with Crippen LogP contribution in [0.5, 0.6) is 0 Å². The van der Waals surface area contributed by atoms with E-state index >= 15 is 0 Å². The van der Waals surface area contributed by atoms with Crippen LogP contribution in [0, 0.1) is 11.8 Å². The van der Waals surface area contributed by atoms with Crippen LogP contribution in [-0.4, -0.2) is 31.1 Å². The van der Waals surface area contributed by atoms with Crippen LogP contribution in [0.2, 0.25) is 10.0 Å². The third-order valence-corrected chi connectivity index (χ3v) is 6.34.